The standard InChI is InChI=1S/C19H26N2/c1-21(15-8-14-20)16-13-19(17-9-4-2-5-10-17)18-11-6-3-7-12-18/h2-7,9-12,19H,8,13-16,20H2,1H3. The van der Waals surface area contributed by atoms with E-state index in [1.54, 1.807) is 0 Å². The van der Waals surface area contributed by atoms with Crippen molar-refractivity contribution in [3.05, 3.63) is 71.8 Å². The molecule has 21 heavy (non-hydrogen) atoms. The Morgan fingerprint density at radius 1 is 0.857 bits per heavy atom. The third kappa shape index (κ3) is 5.00. The van der Waals surface area contributed by atoms with Crippen molar-refractivity contribution in [1.29, 1.82) is 0 Å². The first-order valence-electron chi connectivity index (χ1n) is 7.79. The van der Waals surface area contributed by atoms with E-state index >= 15 is 0 Å². The van der Waals surface area contributed by atoms with E-state index in [-0.39, 0.29) is 0 Å². The molecule has 2 aromatic rings. The van der Waals surface area contributed by atoms with E-state index < -0.39 is 0 Å². The maximum Gasteiger partial charge on any atom is 0.0101 e. The van der Waals surface area contributed by atoms with E-state index in [9.17, 15) is 0 Å². The Balaban J connectivity index is 2.07. The molecule has 0 saturated heterocycles. The van der Waals surface area contributed by atoms with E-state index in [2.05, 4.69) is 72.6 Å². The van der Waals surface area contributed by atoms with Crippen molar-refractivity contribution in [3.8, 4) is 0 Å². The van der Waals surface area contributed by atoms with Crippen LogP contribution in [0.4, 0.5) is 0 Å². The van der Waals surface area contributed by atoms with Crippen LogP contribution in [0.2, 0.25) is 0 Å². The lowest BCUT2D eigenvalue weighted by Crippen LogP contribution is -2.24. The third-order valence-corrected chi connectivity index (χ3v) is 3.95. The molecule has 0 aromatic heterocycles. The number of hydrogen-bond acceptors (Lipinski definition) is 2. The molecule has 2 rings (SSSR count). The summed E-state index contributed by atoms with van der Waals surface area (Å²) in [4.78, 5) is 2.38. The summed E-state index contributed by atoms with van der Waals surface area (Å²) in [6, 6.07) is 21.6. The van der Waals surface area contributed by atoms with Crippen LogP contribution in [0.15, 0.2) is 60.7 Å². The fourth-order valence-electron chi connectivity index (χ4n) is 2.72. The molecule has 2 heteroatoms. The van der Waals surface area contributed by atoms with Crippen molar-refractivity contribution >= 4 is 0 Å². The predicted octanol–water partition coefficient (Wildman–Crippen LogP) is 3.49. The maximum atomic E-state index is 5.59. The van der Waals surface area contributed by atoms with Crippen molar-refractivity contribution in [2.75, 3.05) is 26.7 Å². The Morgan fingerprint density at radius 2 is 1.38 bits per heavy atom. The molecule has 0 aliphatic heterocycles. The second-order valence-electron chi connectivity index (χ2n) is 5.61. The highest BCUT2D eigenvalue weighted by molar-refractivity contribution is 5.32. The fourth-order valence-corrected chi connectivity index (χ4v) is 2.72. The minimum Gasteiger partial charge on any atom is -0.330 e. The average molecular weight is 282 g/mol. The van der Waals surface area contributed by atoms with E-state index in [0.717, 1.165) is 32.5 Å². The molecule has 0 spiro atoms. The van der Waals surface area contributed by atoms with E-state index in [0.29, 0.717) is 5.92 Å². The molecule has 0 saturated carbocycles. The summed E-state index contributed by atoms with van der Waals surface area (Å²) in [5, 5.41) is 0. The van der Waals surface area contributed by atoms with Crippen molar-refractivity contribution in [2.45, 2.75) is 18.8 Å². The van der Waals surface area contributed by atoms with Crippen LogP contribution in [0.25, 0.3) is 0 Å². The summed E-state index contributed by atoms with van der Waals surface area (Å²) in [6.07, 6.45) is 2.20. The molecule has 0 fully saturated rings. The minimum atomic E-state index is 0.465. The average Bonchev–Trinajstić information content (AvgIpc) is 2.55. The molecule has 0 unspecified atom stereocenters. The second kappa shape index (κ2) is 8.60. The van der Waals surface area contributed by atoms with Crippen LogP contribution in [0.1, 0.15) is 29.9 Å². The highest BCUT2D eigenvalue weighted by Crippen LogP contribution is 2.27. The monoisotopic (exact) mass is 282 g/mol. The number of rotatable bonds is 8. The van der Waals surface area contributed by atoms with Crippen molar-refractivity contribution in [2.24, 2.45) is 5.73 Å². The SMILES string of the molecule is CN(CCCN)CCC(c1ccccc1)c1ccccc1. The van der Waals surface area contributed by atoms with Crippen molar-refractivity contribution in [3.63, 3.8) is 0 Å². The zero-order chi connectivity index (χ0) is 14.9. The molecular weight excluding hydrogens is 256 g/mol. The molecule has 2 nitrogen and oxygen atoms in total. The summed E-state index contributed by atoms with van der Waals surface area (Å²) >= 11 is 0. The van der Waals surface area contributed by atoms with Gasteiger partial charge in [-0.05, 0) is 50.7 Å². The zero-order valence-electron chi connectivity index (χ0n) is 12.9. The Kier molecular flexibility index (Phi) is 6.45. The van der Waals surface area contributed by atoms with Gasteiger partial charge in [-0.2, -0.15) is 0 Å². The van der Waals surface area contributed by atoms with Crippen molar-refractivity contribution in [1.82, 2.24) is 4.90 Å². The number of hydrogen-bond donors (Lipinski definition) is 1. The van der Waals surface area contributed by atoms with Gasteiger partial charge in [0, 0.05) is 5.92 Å². The lowest BCUT2D eigenvalue weighted by atomic mass is 9.88. The summed E-state index contributed by atoms with van der Waals surface area (Å²) in [5.41, 5.74) is 8.39. The summed E-state index contributed by atoms with van der Waals surface area (Å²) in [6.45, 7) is 2.94. The van der Waals surface area contributed by atoms with Gasteiger partial charge in [0.2, 0.25) is 0 Å². The van der Waals surface area contributed by atoms with Gasteiger partial charge in [-0.25, -0.2) is 0 Å². The molecule has 2 aromatic carbocycles. The maximum absolute atomic E-state index is 5.59. The van der Waals surface area contributed by atoms with Crippen LogP contribution in [-0.4, -0.2) is 31.6 Å². The summed E-state index contributed by atoms with van der Waals surface area (Å²) < 4.78 is 0. The molecule has 0 aliphatic rings. The van der Waals surface area contributed by atoms with Crippen LogP contribution in [0.5, 0.6) is 0 Å². The van der Waals surface area contributed by atoms with Gasteiger partial charge in [0.15, 0.2) is 0 Å². The molecule has 2 N–H and O–H groups in total. The second-order valence-corrected chi connectivity index (χ2v) is 5.61. The first kappa shape index (κ1) is 15.7. The first-order valence-corrected chi connectivity index (χ1v) is 7.79. The summed E-state index contributed by atoms with van der Waals surface area (Å²) in [5.74, 6) is 0.465. The largest absolute Gasteiger partial charge is 0.330 e. The Labute approximate surface area is 128 Å². The van der Waals surface area contributed by atoms with Gasteiger partial charge in [0.25, 0.3) is 0 Å². The van der Waals surface area contributed by atoms with Gasteiger partial charge >= 0.3 is 0 Å². The van der Waals surface area contributed by atoms with Gasteiger partial charge in [0.05, 0.1) is 0 Å². The highest BCUT2D eigenvalue weighted by atomic mass is 15.1. The Morgan fingerprint density at radius 3 is 1.86 bits per heavy atom. The van der Waals surface area contributed by atoms with Crippen LogP contribution >= 0.6 is 0 Å². The normalized spacial score (nSPS) is 11.2. The van der Waals surface area contributed by atoms with E-state index in [4.69, 9.17) is 5.73 Å². The minimum absolute atomic E-state index is 0.465. The zero-order valence-corrected chi connectivity index (χ0v) is 12.9. The fraction of sp³-hybridized carbons (Fsp3) is 0.368. The topological polar surface area (TPSA) is 29.3 Å². The molecule has 0 amide bonds. The van der Waals surface area contributed by atoms with Crippen molar-refractivity contribution < 1.29 is 0 Å². The molecule has 0 radical (unpaired) electrons. The summed E-state index contributed by atoms with van der Waals surface area (Å²) in [7, 11) is 2.18. The quantitative estimate of drug-likeness (QED) is 0.803. The lowest BCUT2D eigenvalue weighted by molar-refractivity contribution is 0.321. The Hall–Kier alpha value is -1.64. The first-order chi connectivity index (χ1) is 10.3. The van der Waals surface area contributed by atoms with Gasteiger partial charge < -0.3 is 10.6 Å². The van der Waals surface area contributed by atoms with Crippen LogP contribution < -0.4 is 5.73 Å². The Bertz CT molecular complexity index is 456. The highest BCUT2D eigenvalue weighted by Gasteiger charge is 2.14. The van der Waals surface area contributed by atoms with Gasteiger partial charge in [-0.1, -0.05) is 60.7 Å². The predicted molar refractivity (Wildman–Crippen MR) is 90.5 cm³/mol. The van der Waals surface area contributed by atoms with Gasteiger partial charge in [0.1, 0.15) is 0 Å². The number of benzene rings is 2. The van der Waals surface area contributed by atoms with Crippen LogP contribution in [-0.2, 0) is 0 Å². The van der Waals surface area contributed by atoms with Gasteiger partial charge in [-0.15, -0.1) is 0 Å². The van der Waals surface area contributed by atoms with E-state index in [1.807, 2.05) is 0 Å². The van der Waals surface area contributed by atoms with Crippen LogP contribution in [0, 0.1) is 0 Å². The molecular formula is C19H26N2. The molecule has 112 valence electrons. The smallest absolute Gasteiger partial charge is 0.0101 e. The number of nitrogens with zero attached hydrogens (tertiary/aromatic N) is 1. The van der Waals surface area contributed by atoms with Gasteiger partial charge in [-0.3, -0.25) is 0 Å². The lowest BCUT2D eigenvalue weighted by Gasteiger charge is -2.22. The molecule has 0 aliphatic carbocycles. The molecule has 0 atom stereocenters. The van der Waals surface area contributed by atoms with E-state index in [1.165, 1.54) is 11.1 Å². The number of nitrogens with two attached hydrogens (primary N) is 1. The molecule has 0 bridgehead atoms. The molecule has 0 heterocycles. The third-order valence-electron chi connectivity index (χ3n) is 3.95. The van der Waals surface area contributed by atoms with Crippen LogP contribution in [0.3, 0.4) is 0 Å².